The zero-order chi connectivity index (χ0) is 11.7. The summed E-state index contributed by atoms with van der Waals surface area (Å²) < 4.78 is 0. The summed E-state index contributed by atoms with van der Waals surface area (Å²) in [6, 6.07) is 6.53. The van der Waals surface area contributed by atoms with Crippen molar-refractivity contribution in [1.29, 1.82) is 0 Å². The Hall–Kier alpha value is -1.95. The van der Waals surface area contributed by atoms with Crippen molar-refractivity contribution in [2.24, 2.45) is 0 Å². The third kappa shape index (κ3) is 1.87. The molecule has 82 valence electrons. The minimum absolute atomic E-state index is 0.0175. The van der Waals surface area contributed by atoms with Crippen molar-refractivity contribution in [3.63, 3.8) is 0 Å². The number of rotatable bonds is 2. The molecule has 0 saturated heterocycles. The Labute approximate surface area is 95.7 Å². The molecule has 0 fully saturated rings. The summed E-state index contributed by atoms with van der Waals surface area (Å²) in [5.74, 6) is 0.284. The SMILES string of the molecule is Cc1ccc(-c2nc(N)ccc2[N+](=O)[O-])s1. The first-order chi connectivity index (χ1) is 7.58. The van der Waals surface area contributed by atoms with Crippen LogP contribution in [0.5, 0.6) is 0 Å². The van der Waals surface area contributed by atoms with Gasteiger partial charge >= 0.3 is 0 Å². The van der Waals surface area contributed by atoms with Crippen LogP contribution in [0.1, 0.15) is 4.88 Å². The van der Waals surface area contributed by atoms with Crippen molar-refractivity contribution in [1.82, 2.24) is 4.98 Å². The maximum atomic E-state index is 10.8. The second-order valence-electron chi connectivity index (χ2n) is 3.27. The topological polar surface area (TPSA) is 82.0 Å². The van der Waals surface area contributed by atoms with Gasteiger partial charge in [0.05, 0.1) is 9.80 Å². The molecule has 16 heavy (non-hydrogen) atoms. The molecule has 0 aliphatic carbocycles. The molecule has 0 spiro atoms. The van der Waals surface area contributed by atoms with Gasteiger partial charge in [-0.1, -0.05) is 0 Å². The minimum atomic E-state index is -0.448. The second-order valence-corrected chi connectivity index (χ2v) is 4.56. The number of hydrogen-bond acceptors (Lipinski definition) is 5. The Kier molecular flexibility index (Phi) is 2.57. The van der Waals surface area contributed by atoms with Crippen LogP contribution in [0.2, 0.25) is 0 Å². The molecular weight excluding hydrogens is 226 g/mol. The summed E-state index contributed by atoms with van der Waals surface area (Å²) >= 11 is 1.46. The van der Waals surface area contributed by atoms with Crippen LogP contribution >= 0.6 is 11.3 Å². The Morgan fingerprint density at radius 2 is 2.12 bits per heavy atom. The lowest BCUT2D eigenvalue weighted by Crippen LogP contribution is -1.97. The van der Waals surface area contributed by atoms with E-state index >= 15 is 0 Å². The van der Waals surface area contributed by atoms with Crippen LogP contribution < -0.4 is 5.73 Å². The fraction of sp³-hybridized carbons (Fsp3) is 0.100. The summed E-state index contributed by atoms with van der Waals surface area (Å²) in [6.07, 6.45) is 0. The van der Waals surface area contributed by atoms with Gasteiger partial charge in [-0.15, -0.1) is 11.3 Å². The summed E-state index contributed by atoms with van der Waals surface area (Å²) in [5, 5.41) is 10.8. The molecule has 0 unspecified atom stereocenters. The van der Waals surface area contributed by atoms with Gasteiger partial charge in [0.1, 0.15) is 5.82 Å². The molecule has 0 radical (unpaired) electrons. The summed E-state index contributed by atoms with van der Waals surface area (Å²) in [7, 11) is 0. The molecule has 5 nitrogen and oxygen atoms in total. The highest BCUT2D eigenvalue weighted by Crippen LogP contribution is 2.33. The van der Waals surface area contributed by atoms with E-state index in [-0.39, 0.29) is 11.5 Å². The lowest BCUT2D eigenvalue weighted by molar-refractivity contribution is -0.384. The highest BCUT2D eigenvalue weighted by molar-refractivity contribution is 7.15. The first-order valence-electron chi connectivity index (χ1n) is 4.55. The number of nitro groups is 1. The number of nitrogens with zero attached hydrogens (tertiary/aromatic N) is 2. The smallest absolute Gasteiger partial charge is 0.296 e. The first kappa shape index (κ1) is 10.6. The Morgan fingerprint density at radius 1 is 1.38 bits per heavy atom. The Balaban J connectivity index is 2.62. The van der Waals surface area contributed by atoms with E-state index in [0.717, 1.165) is 9.75 Å². The van der Waals surface area contributed by atoms with Crippen molar-refractivity contribution in [2.75, 3.05) is 5.73 Å². The van der Waals surface area contributed by atoms with Crippen molar-refractivity contribution in [3.8, 4) is 10.6 Å². The average Bonchev–Trinajstić information content (AvgIpc) is 2.64. The number of anilines is 1. The number of nitrogen functional groups attached to an aromatic ring is 1. The van der Waals surface area contributed by atoms with E-state index in [0.29, 0.717) is 5.69 Å². The second kappa shape index (κ2) is 3.90. The Morgan fingerprint density at radius 3 is 2.69 bits per heavy atom. The predicted octanol–water partition coefficient (Wildman–Crippen LogP) is 2.61. The molecule has 0 aliphatic heterocycles. The fourth-order valence-corrected chi connectivity index (χ4v) is 2.22. The highest BCUT2D eigenvalue weighted by Gasteiger charge is 2.18. The van der Waals surface area contributed by atoms with Crippen LogP contribution in [-0.4, -0.2) is 9.91 Å². The van der Waals surface area contributed by atoms with Crippen LogP contribution in [-0.2, 0) is 0 Å². The lowest BCUT2D eigenvalue weighted by Gasteiger charge is -2.00. The van der Waals surface area contributed by atoms with Gasteiger partial charge in [0.25, 0.3) is 5.69 Å². The average molecular weight is 235 g/mol. The van der Waals surface area contributed by atoms with E-state index < -0.39 is 4.92 Å². The maximum Gasteiger partial charge on any atom is 0.296 e. The van der Waals surface area contributed by atoms with Crippen molar-refractivity contribution in [3.05, 3.63) is 39.3 Å². The number of hydrogen-bond donors (Lipinski definition) is 1. The molecular formula is C10H9N3O2S. The van der Waals surface area contributed by atoms with Crippen molar-refractivity contribution < 1.29 is 4.92 Å². The van der Waals surface area contributed by atoms with Gasteiger partial charge in [-0.05, 0) is 25.1 Å². The van der Waals surface area contributed by atoms with E-state index in [1.807, 2.05) is 19.1 Å². The summed E-state index contributed by atoms with van der Waals surface area (Å²) in [6.45, 7) is 1.94. The van der Waals surface area contributed by atoms with Gasteiger partial charge in [-0.2, -0.15) is 0 Å². The molecule has 2 heterocycles. The fourth-order valence-electron chi connectivity index (χ4n) is 1.36. The van der Waals surface area contributed by atoms with E-state index in [1.165, 1.54) is 23.5 Å². The molecule has 0 amide bonds. The standard InChI is InChI=1S/C10H9N3O2S/c1-6-2-4-8(16-6)10-7(13(14)15)3-5-9(11)12-10/h2-5H,1H3,(H2,11,12). The van der Waals surface area contributed by atoms with Crippen LogP contribution in [0.15, 0.2) is 24.3 Å². The molecule has 2 aromatic rings. The molecule has 0 bridgehead atoms. The van der Waals surface area contributed by atoms with E-state index in [2.05, 4.69) is 4.98 Å². The van der Waals surface area contributed by atoms with Crippen LogP contribution in [0.3, 0.4) is 0 Å². The maximum absolute atomic E-state index is 10.8. The number of pyridine rings is 1. The van der Waals surface area contributed by atoms with Crippen molar-refractivity contribution in [2.45, 2.75) is 6.92 Å². The van der Waals surface area contributed by atoms with Crippen LogP contribution in [0.4, 0.5) is 11.5 Å². The van der Waals surface area contributed by atoms with Gasteiger partial charge in [0, 0.05) is 10.9 Å². The van der Waals surface area contributed by atoms with Gasteiger partial charge < -0.3 is 5.73 Å². The summed E-state index contributed by atoms with van der Waals surface area (Å²) in [4.78, 5) is 16.3. The molecule has 0 aromatic carbocycles. The number of nitrogens with two attached hydrogens (primary N) is 1. The normalized spacial score (nSPS) is 10.3. The largest absolute Gasteiger partial charge is 0.384 e. The molecule has 0 aliphatic rings. The third-order valence-electron chi connectivity index (χ3n) is 2.07. The van der Waals surface area contributed by atoms with Gasteiger partial charge in [-0.25, -0.2) is 4.98 Å². The zero-order valence-corrected chi connectivity index (χ0v) is 9.32. The number of aryl methyl sites for hydroxylation is 1. The third-order valence-corrected chi connectivity index (χ3v) is 3.07. The molecule has 0 atom stereocenters. The van der Waals surface area contributed by atoms with Gasteiger partial charge in [-0.3, -0.25) is 10.1 Å². The molecule has 2 N–H and O–H groups in total. The number of thiophene rings is 1. The molecule has 6 heteroatoms. The zero-order valence-electron chi connectivity index (χ0n) is 8.51. The first-order valence-corrected chi connectivity index (χ1v) is 5.37. The summed E-state index contributed by atoms with van der Waals surface area (Å²) in [5.41, 5.74) is 5.86. The predicted molar refractivity (Wildman–Crippen MR) is 63.4 cm³/mol. The van der Waals surface area contributed by atoms with E-state index in [1.54, 1.807) is 0 Å². The quantitative estimate of drug-likeness (QED) is 0.640. The Bertz CT molecular complexity index is 551. The lowest BCUT2D eigenvalue weighted by atomic mass is 10.2. The van der Waals surface area contributed by atoms with Crippen LogP contribution in [0.25, 0.3) is 10.6 Å². The van der Waals surface area contributed by atoms with Gasteiger partial charge in [0.15, 0.2) is 5.69 Å². The monoisotopic (exact) mass is 235 g/mol. The van der Waals surface area contributed by atoms with Gasteiger partial charge in [0.2, 0.25) is 0 Å². The van der Waals surface area contributed by atoms with Crippen LogP contribution in [0, 0.1) is 17.0 Å². The highest BCUT2D eigenvalue weighted by atomic mass is 32.1. The molecule has 2 rings (SSSR count). The van der Waals surface area contributed by atoms with Crippen molar-refractivity contribution >= 4 is 22.8 Å². The molecule has 0 saturated carbocycles. The number of aromatic nitrogens is 1. The van der Waals surface area contributed by atoms with E-state index in [4.69, 9.17) is 5.73 Å². The minimum Gasteiger partial charge on any atom is -0.384 e. The van der Waals surface area contributed by atoms with E-state index in [9.17, 15) is 10.1 Å². The molecule has 2 aromatic heterocycles.